The molecule has 1 saturated heterocycles. The number of amides is 2. The predicted octanol–water partition coefficient (Wildman–Crippen LogP) is 2.95. The van der Waals surface area contributed by atoms with Gasteiger partial charge in [-0.25, -0.2) is 23.0 Å². The maximum Gasteiger partial charge on any atom is 0.490 e. The van der Waals surface area contributed by atoms with Crippen molar-refractivity contribution in [1.29, 1.82) is 0 Å². The van der Waals surface area contributed by atoms with E-state index in [2.05, 4.69) is 15.3 Å². The number of H-pyrrole nitrogens is 1. The van der Waals surface area contributed by atoms with Gasteiger partial charge in [-0.1, -0.05) is 30.3 Å². The lowest BCUT2D eigenvalue weighted by molar-refractivity contribution is -0.192. The van der Waals surface area contributed by atoms with Crippen molar-refractivity contribution in [3.05, 3.63) is 65.0 Å². The molecule has 2 amide bonds. The highest BCUT2D eigenvalue weighted by Gasteiger charge is 2.39. The number of nitrogens with zero attached hydrogens (tertiary/aromatic N) is 1. The minimum absolute atomic E-state index is 0.106. The number of alkyl halides is 3. The zero-order valence-corrected chi connectivity index (χ0v) is 19.9. The van der Waals surface area contributed by atoms with E-state index in [0.29, 0.717) is 17.8 Å². The summed E-state index contributed by atoms with van der Waals surface area (Å²) in [5.74, 6) is -2.78. The largest absolute Gasteiger partial charge is 0.490 e. The van der Waals surface area contributed by atoms with Crippen LogP contribution in [0.5, 0.6) is 0 Å². The van der Waals surface area contributed by atoms with E-state index in [1.807, 2.05) is 35.1 Å². The highest BCUT2D eigenvalue weighted by molar-refractivity contribution is 7.90. The average Bonchev–Trinajstić information content (AvgIpc) is 3.32. The number of aliphatic carboxylic acids is 1. The van der Waals surface area contributed by atoms with Crippen LogP contribution in [0.15, 0.2) is 42.5 Å². The summed E-state index contributed by atoms with van der Waals surface area (Å²) in [6, 6.07) is 12.0. The highest BCUT2D eigenvalue weighted by atomic mass is 32.2. The summed E-state index contributed by atoms with van der Waals surface area (Å²) in [5.41, 5.74) is 3.63. The first-order chi connectivity index (χ1) is 17.2. The monoisotopic (exact) mass is 542 g/mol. The highest BCUT2D eigenvalue weighted by Crippen LogP contribution is 2.33. The van der Waals surface area contributed by atoms with Crippen LogP contribution in [-0.2, 0) is 26.0 Å². The Morgan fingerprint density at radius 2 is 1.84 bits per heavy atom. The molecular formula is C22H21F3N4O7S. The number of carboxylic acids is 1. The number of imidazole rings is 1. The van der Waals surface area contributed by atoms with Gasteiger partial charge >= 0.3 is 18.2 Å². The molecule has 4 rings (SSSR count). The van der Waals surface area contributed by atoms with Crippen LogP contribution in [0.3, 0.4) is 0 Å². The summed E-state index contributed by atoms with van der Waals surface area (Å²) < 4.78 is 58.1. The van der Waals surface area contributed by atoms with Crippen LogP contribution < -0.4 is 10.0 Å². The van der Waals surface area contributed by atoms with Gasteiger partial charge in [0, 0.05) is 6.42 Å². The summed E-state index contributed by atoms with van der Waals surface area (Å²) in [6.45, 7) is 1.78. The van der Waals surface area contributed by atoms with Crippen molar-refractivity contribution in [3.8, 4) is 0 Å². The number of carbonyl (C=O) groups excluding carboxylic acids is 1. The summed E-state index contributed by atoms with van der Waals surface area (Å²) in [6.07, 6.45) is -6.04. The SMILES string of the molecule is Cc1cc(C[C@H](NC(=O)O)c2nc3ccccc3[nH]2)ccc1C1CC(=O)NS1(=O)=O.O=C(O)C(F)(F)F. The Labute approximate surface area is 207 Å². The van der Waals surface area contributed by atoms with E-state index >= 15 is 0 Å². The minimum atomic E-state index is -5.08. The Kier molecular flexibility index (Phi) is 7.76. The Hall–Kier alpha value is -4.14. The summed E-state index contributed by atoms with van der Waals surface area (Å²) >= 11 is 0. The molecule has 2 atom stereocenters. The number of nitrogens with one attached hydrogen (secondary N) is 3. The van der Waals surface area contributed by atoms with Gasteiger partial charge in [0.15, 0.2) is 0 Å². The molecule has 0 bridgehead atoms. The second kappa shape index (κ2) is 10.5. The van der Waals surface area contributed by atoms with Crippen LogP contribution >= 0.6 is 0 Å². The first kappa shape index (κ1) is 27.4. The normalized spacial score (nSPS) is 17.4. The number of para-hydroxylation sites is 2. The van der Waals surface area contributed by atoms with Gasteiger partial charge in [0.2, 0.25) is 15.9 Å². The lowest BCUT2D eigenvalue weighted by atomic mass is 9.97. The molecule has 0 aliphatic carbocycles. The average molecular weight is 542 g/mol. The van der Waals surface area contributed by atoms with Gasteiger partial charge in [0.25, 0.3) is 0 Å². The molecule has 0 radical (unpaired) electrons. The number of aromatic nitrogens is 2. The minimum Gasteiger partial charge on any atom is -0.475 e. The lowest BCUT2D eigenvalue weighted by Crippen LogP contribution is -2.29. The van der Waals surface area contributed by atoms with Gasteiger partial charge in [0.05, 0.1) is 23.5 Å². The van der Waals surface area contributed by atoms with Crippen LogP contribution in [0.25, 0.3) is 11.0 Å². The molecule has 1 aliphatic rings. The second-order valence-electron chi connectivity index (χ2n) is 8.10. The Bertz CT molecular complexity index is 1420. The fourth-order valence-electron chi connectivity index (χ4n) is 3.79. The van der Waals surface area contributed by atoms with Crippen LogP contribution in [0.1, 0.15) is 40.2 Å². The van der Waals surface area contributed by atoms with Crippen molar-refractivity contribution in [2.24, 2.45) is 0 Å². The Morgan fingerprint density at radius 1 is 1.19 bits per heavy atom. The fourth-order valence-corrected chi connectivity index (χ4v) is 5.30. The molecule has 1 unspecified atom stereocenters. The smallest absolute Gasteiger partial charge is 0.475 e. The quantitative estimate of drug-likeness (QED) is 0.327. The number of halogens is 3. The second-order valence-corrected chi connectivity index (χ2v) is 9.97. The number of carboxylic acid groups (broad SMARTS) is 2. The molecule has 1 aliphatic heterocycles. The van der Waals surface area contributed by atoms with E-state index in [1.54, 1.807) is 19.1 Å². The summed E-state index contributed by atoms with van der Waals surface area (Å²) in [4.78, 5) is 39.4. The fraction of sp³-hybridized carbons (Fsp3) is 0.273. The standard InChI is InChI=1S/C20H20N4O5S.C2HF3O2/c1-11-8-12(6-7-13(11)17-10-18(25)24-30(17,28)29)9-16(23-20(26)27)19-21-14-4-2-3-5-15(14)22-19;3-2(4,5)1(6)7/h2-8,16-17,23H,9-10H2,1H3,(H,21,22)(H,24,25)(H,26,27);(H,6,7)/t16-,17?;/m0./s1. The van der Waals surface area contributed by atoms with Gasteiger partial charge in [-0.2, -0.15) is 13.2 Å². The Balaban J connectivity index is 0.000000479. The van der Waals surface area contributed by atoms with Crippen molar-refractivity contribution < 1.29 is 46.2 Å². The molecule has 198 valence electrons. The van der Waals surface area contributed by atoms with Gasteiger partial charge in [-0.3, -0.25) is 9.52 Å². The number of hydrogen-bond acceptors (Lipinski definition) is 6. The number of benzene rings is 2. The van der Waals surface area contributed by atoms with E-state index in [0.717, 1.165) is 22.2 Å². The van der Waals surface area contributed by atoms with E-state index in [4.69, 9.17) is 9.90 Å². The molecule has 11 nitrogen and oxygen atoms in total. The molecule has 2 heterocycles. The molecule has 0 spiro atoms. The predicted molar refractivity (Wildman–Crippen MR) is 123 cm³/mol. The molecule has 0 saturated carbocycles. The number of rotatable bonds is 5. The number of aromatic amines is 1. The van der Waals surface area contributed by atoms with Gasteiger partial charge in [-0.15, -0.1) is 0 Å². The molecular weight excluding hydrogens is 521 g/mol. The summed E-state index contributed by atoms with van der Waals surface area (Å²) in [5, 5.41) is 18.0. The molecule has 37 heavy (non-hydrogen) atoms. The number of sulfonamides is 1. The maximum atomic E-state index is 12.2. The van der Waals surface area contributed by atoms with Crippen molar-refractivity contribution in [3.63, 3.8) is 0 Å². The first-order valence-electron chi connectivity index (χ1n) is 10.6. The van der Waals surface area contributed by atoms with Crippen LogP contribution in [0.2, 0.25) is 0 Å². The number of aryl methyl sites for hydroxylation is 1. The van der Waals surface area contributed by atoms with E-state index < -0.39 is 45.5 Å². The molecule has 15 heteroatoms. The molecule has 1 aromatic heterocycles. The van der Waals surface area contributed by atoms with Crippen molar-refractivity contribution in [2.75, 3.05) is 0 Å². The van der Waals surface area contributed by atoms with Crippen LogP contribution in [-0.4, -0.2) is 52.7 Å². The number of carbonyl (C=O) groups is 3. The van der Waals surface area contributed by atoms with Gasteiger partial charge in [-0.05, 0) is 35.7 Å². The molecule has 3 aromatic rings. The topological polar surface area (TPSA) is 179 Å². The lowest BCUT2D eigenvalue weighted by Gasteiger charge is -2.17. The third-order valence-electron chi connectivity index (χ3n) is 5.40. The Morgan fingerprint density at radius 3 is 2.35 bits per heavy atom. The van der Waals surface area contributed by atoms with Crippen molar-refractivity contribution in [2.45, 2.75) is 37.2 Å². The van der Waals surface area contributed by atoms with E-state index in [9.17, 15) is 36.3 Å². The first-order valence-corrected chi connectivity index (χ1v) is 12.1. The zero-order valence-electron chi connectivity index (χ0n) is 19.0. The number of hydrogen-bond donors (Lipinski definition) is 5. The van der Waals surface area contributed by atoms with Crippen LogP contribution in [0, 0.1) is 6.92 Å². The van der Waals surface area contributed by atoms with Crippen molar-refractivity contribution >= 4 is 39.0 Å². The summed E-state index contributed by atoms with van der Waals surface area (Å²) in [7, 11) is -3.73. The third kappa shape index (κ3) is 6.75. The third-order valence-corrected chi connectivity index (χ3v) is 7.08. The van der Waals surface area contributed by atoms with Gasteiger partial charge < -0.3 is 20.5 Å². The molecule has 2 aromatic carbocycles. The van der Waals surface area contributed by atoms with Gasteiger partial charge in [0.1, 0.15) is 11.1 Å². The van der Waals surface area contributed by atoms with E-state index in [1.165, 1.54) is 0 Å². The zero-order chi connectivity index (χ0) is 27.5. The van der Waals surface area contributed by atoms with Crippen LogP contribution in [0.4, 0.5) is 18.0 Å². The maximum absolute atomic E-state index is 12.2. The number of fused-ring (bicyclic) bond motifs is 1. The van der Waals surface area contributed by atoms with E-state index in [-0.39, 0.29) is 6.42 Å². The van der Waals surface area contributed by atoms with Crippen molar-refractivity contribution in [1.82, 2.24) is 20.0 Å². The molecule has 5 N–H and O–H groups in total. The molecule has 1 fully saturated rings.